The Morgan fingerprint density at radius 1 is 1.24 bits per heavy atom. The minimum Gasteiger partial charge on any atom is -0.378 e. The monoisotopic (exact) mass is 250 g/mol. The van der Waals surface area contributed by atoms with E-state index < -0.39 is 0 Å². The number of fused-ring (bicyclic) bond motifs is 1. The molecule has 0 unspecified atom stereocenters. The van der Waals surface area contributed by atoms with Gasteiger partial charge in [0.15, 0.2) is 0 Å². The zero-order valence-corrected chi connectivity index (χ0v) is 10.6. The zero-order chi connectivity index (χ0) is 11.7. The lowest BCUT2D eigenvalue weighted by Gasteiger charge is -2.27. The number of hydrogen-bond acceptors (Lipinski definition) is 3. The van der Waals surface area contributed by atoms with Crippen LogP contribution in [0.2, 0.25) is 0 Å². The van der Waals surface area contributed by atoms with Crippen molar-refractivity contribution < 1.29 is 9.53 Å². The van der Waals surface area contributed by atoms with Gasteiger partial charge in [0.05, 0.1) is 24.2 Å². The van der Waals surface area contributed by atoms with Crippen LogP contribution < -0.4 is 0 Å². The number of nitrogens with zero attached hydrogens (tertiary/aromatic N) is 1. The van der Waals surface area contributed by atoms with Gasteiger partial charge >= 0.3 is 0 Å². The van der Waals surface area contributed by atoms with Crippen molar-refractivity contribution in [3.63, 3.8) is 0 Å². The Balaban J connectivity index is 1.83. The van der Waals surface area contributed by atoms with Gasteiger partial charge in [0.25, 0.3) is 5.91 Å². The standard InChI is InChI=1S/C13H16NO2S/c15-13(14-5-7-16-8-6-14)11-9-17-12-4-2-1-3-10(11)12/h1-8H2. The summed E-state index contributed by atoms with van der Waals surface area (Å²) in [4.78, 5) is 15.7. The van der Waals surface area contributed by atoms with Crippen molar-refractivity contribution in [2.24, 2.45) is 0 Å². The third-order valence-corrected chi connectivity index (χ3v) is 4.51. The van der Waals surface area contributed by atoms with Crippen LogP contribution in [0.4, 0.5) is 0 Å². The molecule has 1 fully saturated rings. The van der Waals surface area contributed by atoms with Gasteiger partial charge in [0.1, 0.15) is 0 Å². The van der Waals surface area contributed by atoms with E-state index in [1.807, 2.05) is 4.90 Å². The van der Waals surface area contributed by atoms with Crippen molar-refractivity contribution >= 4 is 17.2 Å². The number of aryl methyl sites for hydroxylation is 1. The molecule has 0 aromatic carbocycles. The van der Waals surface area contributed by atoms with Gasteiger partial charge < -0.3 is 9.64 Å². The Morgan fingerprint density at radius 2 is 2.00 bits per heavy atom. The van der Waals surface area contributed by atoms with Crippen LogP contribution in [-0.4, -0.2) is 37.1 Å². The van der Waals surface area contributed by atoms with Crippen LogP contribution in [0.25, 0.3) is 0 Å². The molecule has 0 N–H and O–H groups in total. The number of rotatable bonds is 1. The molecule has 0 spiro atoms. The van der Waals surface area contributed by atoms with E-state index in [4.69, 9.17) is 4.74 Å². The molecule has 1 aromatic rings. The molecule has 3 rings (SSSR count). The molecule has 1 aliphatic heterocycles. The Labute approximate surface area is 105 Å². The van der Waals surface area contributed by atoms with Gasteiger partial charge in [-0.2, -0.15) is 0 Å². The summed E-state index contributed by atoms with van der Waals surface area (Å²) in [6.45, 7) is 2.77. The third-order valence-electron chi connectivity index (χ3n) is 3.51. The van der Waals surface area contributed by atoms with E-state index in [-0.39, 0.29) is 5.91 Å². The molecule has 17 heavy (non-hydrogen) atoms. The average Bonchev–Trinajstić information content (AvgIpc) is 2.83. The number of hydrogen-bond donors (Lipinski definition) is 0. The molecular formula is C13H16NO2S. The number of carbonyl (C=O) groups excluding carboxylic acids is 1. The Morgan fingerprint density at radius 3 is 2.82 bits per heavy atom. The minimum absolute atomic E-state index is 0.160. The highest BCUT2D eigenvalue weighted by molar-refractivity contribution is 7.10. The molecule has 2 heterocycles. The summed E-state index contributed by atoms with van der Waals surface area (Å²) < 4.78 is 5.28. The highest BCUT2D eigenvalue weighted by Crippen LogP contribution is 2.30. The molecule has 2 aliphatic rings. The van der Waals surface area contributed by atoms with Crippen LogP contribution in [0, 0.1) is 5.38 Å². The van der Waals surface area contributed by atoms with Crippen molar-refractivity contribution in [2.45, 2.75) is 25.7 Å². The van der Waals surface area contributed by atoms with Crippen molar-refractivity contribution in [2.75, 3.05) is 26.3 Å². The van der Waals surface area contributed by atoms with Crippen LogP contribution in [0.15, 0.2) is 0 Å². The lowest BCUT2D eigenvalue weighted by Crippen LogP contribution is -2.40. The van der Waals surface area contributed by atoms with Gasteiger partial charge in [-0.15, -0.1) is 11.3 Å². The molecule has 4 heteroatoms. The zero-order valence-electron chi connectivity index (χ0n) is 9.83. The second-order valence-electron chi connectivity index (χ2n) is 4.59. The fourth-order valence-corrected chi connectivity index (χ4v) is 3.54. The minimum atomic E-state index is 0.160. The van der Waals surface area contributed by atoms with Crippen LogP contribution in [0.3, 0.4) is 0 Å². The van der Waals surface area contributed by atoms with Gasteiger partial charge in [0.2, 0.25) is 0 Å². The van der Waals surface area contributed by atoms with E-state index >= 15 is 0 Å². The van der Waals surface area contributed by atoms with Crippen molar-refractivity contribution in [1.82, 2.24) is 4.90 Å². The quantitative estimate of drug-likeness (QED) is 0.762. The van der Waals surface area contributed by atoms with Crippen molar-refractivity contribution in [3.8, 4) is 0 Å². The van der Waals surface area contributed by atoms with E-state index in [1.54, 1.807) is 11.3 Å². The molecule has 0 saturated carbocycles. The molecule has 1 aliphatic carbocycles. The topological polar surface area (TPSA) is 29.5 Å². The molecule has 1 saturated heterocycles. The molecule has 0 atom stereocenters. The second-order valence-corrected chi connectivity index (χ2v) is 5.49. The Kier molecular flexibility index (Phi) is 3.16. The molecule has 91 valence electrons. The summed E-state index contributed by atoms with van der Waals surface area (Å²) in [5.74, 6) is 0.160. The van der Waals surface area contributed by atoms with Gasteiger partial charge in [-0.25, -0.2) is 0 Å². The van der Waals surface area contributed by atoms with Crippen LogP contribution in [-0.2, 0) is 17.6 Å². The molecule has 1 amide bonds. The number of amides is 1. The van der Waals surface area contributed by atoms with E-state index in [9.17, 15) is 4.79 Å². The van der Waals surface area contributed by atoms with E-state index in [2.05, 4.69) is 5.38 Å². The van der Waals surface area contributed by atoms with Gasteiger partial charge in [0, 0.05) is 18.0 Å². The SMILES string of the molecule is O=C(c1[c]sc2c1CCCC2)N1CCOCC1. The summed E-state index contributed by atoms with van der Waals surface area (Å²) in [5.41, 5.74) is 2.12. The van der Waals surface area contributed by atoms with Gasteiger partial charge in [-0.3, -0.25) is 4.79 Å². The van der Waals surface area contributed by atoms with E-state index in [1.165, 1.54) is 23.3 Å². The molecule has 1 radical (unpaired) electrons. The summed E-state index contributed by atoms with van der Waals surface area (Å²) in [6, 6.07) is 0. The first-order chi connectivity index (χ1) is 8.36. The first-order valence-corrected chi connectivity index (χ1v) is 7.07. The van der Waals surface area contributed by atoms with Crippen molar-refractivity contribution in [3.05, 3.63) is 21.4 Å². The largest absolute Gasteiger partial charge is 0.378 e. The van der Waals surface area contributed by atoms with E-state index in [0.717, 1.165) is 31.5 Å². The van der Waals surface area contributed by atoms with Gasteiger partial charge in [-0.1, -0.05) is 0 Å². The molecule has 0 bridgehead atoms. The van der Waals surface area contributed by atoms with Gasteiger partial charge in [-0.05, 0) is 31.2 Å². The number of morpholine rings is 1. The summed E-state index contributed by atoms with van der Waals surface area (Å²) in [7, 11) is 0. The smallest absolute Gasteiger partial charge is 0.255 e. The Bertz CT molecular complexity index is 421. The fraction of sp³-hybridized carbons (Fsp3) is 0.615. The lowest BCUT2D eigenvalue weighted by molar-refractivity contribution is 0.0302. The summed E-state index contributed by atoms with van der Waals surface area (Å²) >= 11 is 1.64. The fourth-order valence-electron chi connectivity index (χ4n) is 2.53. The first kappa shape index (κ1) is 11.2. The van der Waals surface area contributed by atoms with E-state index in [0.29, 0.717) is 13.2 Å². The number of carbonyl (C=O) groups is 1. The van der Waals surface area contributed by atoms with Crippen molar-refractivity contribution in [1.29, 1.82) is 0 Å². The molecule has 3 nitrogen and oxygen atoms in total. The third kappa shape index (κ3) is 2.11. The van der Waals surface area contributed by atoms with Crippen LogP contribution in [0.5, 0.6) is 0 Å². The predicted octanol–water partition coefficient (Wildman–Crippen LogP) is 1.90. The maximum atomic E-state index is 12.4. The molecular weight excluding hydrogens is 234 g/mol. The first-order valence-electron chi connectivity index (χ1n) is 6.25. The van der Waals surface area contributed by atoms with Crippen LogP contribution in [0.1, 0.15) is 33.6 Å². The van der Waals surface area contributed by atoms with Crippen LogP contribution >= 0.6 is 11.3 Å². The lowest BCUT2D eigenvalue weighted by atomic mass is 9.95. The Hall–Kier alpha value is -0.870. The summed E-state index contributed by atoms with van der Waals surface area (Å²) in [5, 5.41) is 3.22. The second kappa shape index (κ2) is 4.78. The maximum Gasteiger partial charge on any atom is 0.255 e. The molecule has 1 aromatic heterocycles. The number of thiophene rings is 1. The normalized spacial score (nSPS) is 20.1. The summed E-state index contributed by atoms with van der Waals surface area (Å²) in [6.07, 6.45) is 4.65. The average molecular weight is 250 g/mol. The maximum absolute atomic E-state index is 12.4. The highest BCUT2D eigenvalue weighted by Gasteiger charge is 2.25. The number of ether oxygens (including phenoxy) is 1. The highest BCUT2D eigenvalue weighted by atomic mass is 32.1. The predicted molar refractivity (Wildman–Crippen MR) is 66.5 cm³/mol.